The molecule has 2 heterocycles. The third-order valence-electron chi connectivity index (χ3n) is 2.71. The Morgan fingerprint density at radius 1 is 1.31 bits per heavy atom. The van der Waals surface area contributed by atoms with Gasteiger partial charge in [0, 0.05) is 11.6 Å². The van der Waals surface area contributed by atoms with Gasteiger partial charge >= 0.3 is 0 Å². The van der Waals surface area contributed by atoms with Gasteiger partial charge in [-0.2, -0.15) is 0 Å². The largest absolute Gasteiger partial charge is 0.346 e. The Morgan fingerprint density at radius 3 is 2.92 bits per heavy atom. The van der Waals surface area contributed by atoms with Crippen LogP contribution in [0.15, 0.2) is 24.4 Å². The van der Waals surface area contributed by atoms with Crippen molar-refractivity contribution in [1.29, 1.82) is 0 Å². The second kappa shape index (κ2) is 2.12. The van der Waals surface area contributed by atoms with Gasteiger partial charge in [0.15, 0.2) is 0 Å². The number of nitrogens with two attached hydrogens (primary N) is 1. The van der Waals surface area contributed by atoms with E-state index in [0.717, 1.165) is 29.6 Å². The molecule has 0 amide bonds. The van der Waals surface area contributed by atoms with E-state index >= 15 is 0 Å². The number of fused-ring (bicyclic) bond motifs is 1. The molecular weight excluding hydrogens is 162 g/mol. The summed E-state index contributed by atoms with van der Waals surface area (Å²) in [4.78, 5) is 7.58. The quantitative estimate of drug-likeness (QED) is 0.686. The van der Waals surface area contributed by atoms with Gasteiger partial charge in [-0.3, -0.25) is 0 Å². The lowest BCUT2D eigenvalue weighted by molar-refractivity contribution is 0.711. The predicted octanol–water partition coefficient (Wildman–Crippen LogP) is 1.51. The number of nitrogens with zero attached hydrogens (tertiary/aromatic N) is 1. The number of aromatic nitrogens is 2. The highest BCUT2D eigenvalue weighted by Gasteiger charge is 2.41. The van der Waals surface area contributed by atoms with Crippen LogP contribution in [0.2, 0.25) is 0 Å². The number of hydrogen-bond acceptors (Lipinski definition) is 2. The lowest BCUT2D eigenvalue weighted by Crippen LogP contribution is -2.20. The molecule has 2 aromatic heterocycles. The number of aromatic amines is 1. The number of rotatable bonds is 1. The Bertz CT molecular complexity index is 454. The fourth-order valence-electron chi connectivity index (χ4n) is 1.60. The third-order valence-corrected chi connectivity index (χ3v) is 2.71. The zero-order chi connectivity index (χ0) is 8.89. The fraction of sp³-hybridized carbons (Fsp3) is 0.300. The van der Waals surface area contributed by atoms with Gasteiger partial charge in [-0.1, -0.05) is 0 Å². The molecule has 3 rings (SSSR count). The standard InChI is InChI=1S/C10H11N3/c11-10(4-5-10)8-2-1-7-3-6-12-9(7)13-8/h1-3,6H,4-5,11H2,(H,12,13). The molecule has 3 heteroatoms. The van der Waals surface area contributed by atoms with Crippen LogP contribution < -0.4 is 5.73 Å². The number of nitrogens with one attached hydrogen (secondary N) is 1. The summed E-state index contributed by atoms with van der Waals surface area (Å²) in [6, 6.07) is 6.12. The SMILES string of the molecule is NC1(c2ccc3cc[nH]c3n2)CC1. The molecule has 1 fully saturated rings. The van der Waals surface area contributed by atoms with Crippen LogP contribution in [0.3, 0.4) is 0 Å². The van der Waals surface area contributed by atoms with Gasteiger partial charge in [-0.25, -0.2) is 4.98 Å². The highest BCUT2D eigenvalue weighted by atomic mass is 14.9. The highest BCUT2D eigenvalue weighted by molar-refractivity contribution is 5.75. The second-order valence-corrected chi connectivity index (χ2v) is 3.77. The minimum absolute atomic E-state index is 0.126. The molecular formula is C10H11N3. The molecule has 1 saturated carbocycles. The molecule has 3 nitrogen and oxygen atoms in total. The van der Waals surface area contributed by atoms with Crippen molar-refractivity contribution in [3.63, 3.8) is 0 Å². The average molecular weight is 173 g/mol. The maximum Gasteiger partial charge on any atom is 0.137 e. The summed E-state index contributed by atoms with van der Waals surface area (Å²) >= 11 is 0. The topological polar surface area (TPSA) is 54.7 Å². The number of pyridine rings is 1. The lowest BCUT2D eigenvalue weighted by atomic mass is 10.1. The molecule has 1 aliphatic carbocycles. The zero-order valence-corrected chi connectivity index (χ0v) is 7.25. The van der Waals surface area contributed by atoms with Crippen molar-refractivity contribution in [3.05, 3.63) is 30.1 Å². The Balaban J connectivity index is 2.20. The van der Waals surface area contributed by atoms with Gasteiger partial charge in [-0.15, -0.1) is 0 Å². The van der Waals surface area contributed by atoms with Crippen LogP contribution in [0.1, 0.15) is 18.5 Å². The Morgan fingerprint density at radius 2 is 2.15 bits per heavy atom. The minimum atomic E-state index is -0.126. The van der Waals surface area contributed by atoms with E-state index in [1.165, 1.54) is 0 Å². The van der Waals surface area contributed by atoms with Crippen LogP contribution in [0.5, 0.6) is 0 Å². The van der Waals surface area contributed by atoms with E-state index in [4.69, 9.17) is 5.73 Å². The van der Waals surface area contributed by atoms with E-state index in [9.17, 15) is 0 Å². The van der Waals surface area contributed by atoms with Crippen LogP contribution in [0.25, 0.3) is 11.0 Å². The lowest BCUT2D eigenvalue weighted by Gasteiger charge is -2.06. The monoisotopic (exact) mass is 173 g/mol. The molecule has 0 unspecified atom stereocenters. The molecule has 0 saturated heterocycles. The van der Waals surface area contributed by atoms with E-state index in [1.54, 1.807) is 0 Å². The van der Waals surface area contributed by atoms with Crippen LogP contribution in [-0.2, 0) is 5.54 Å². The molecule has 3 N–H and O–H groups in total. The summed E-state index contributed by atoms with van der Waals surface area (Å²) in [6.07, 6.45) is 4.02. The summed E-state index contributed by atoms with van der Waals surface area (Å²) in [6.45, 7) is 0. The summed E-state index contributed by atoms with van der Waals surface area (Å²) in [5.74, 6) is 0. The van der Waals surface area contributed by atoms with Crippen LogP contribution in [-0.4, -0.2) is 9.97 Å². The molecule has 0 radical (unpaired) electrons. The van der Waals surface area contributed by atoms with Crippen molar-refractivity contribution in [2.45, 2.75) is 18.4 Å². The van der Waals surface area contributed by atoms with Crippen molar-refractivity contribution in [1.82, 2.24) is 9.97 Å². The highest BCUT2D eigenvalue weighted by Crippen LogP contribution is 2.41. The van der Waals surface area contributed by atoms with E-state index in [0.29, 0.717) is 0 Å². The smallest absolute Gasteiger partial charge is 0.137 e. The van der Waals surface area contributed by atoms with Crippen LogP contribution in [0.4, 0.5) is 0 Å². The fourth-order valence-corrected chi connectivity index (χ4v) is 1.60. The van der Waals surface area contributed by atoms with Gasteiger partial charge in [-0.05, 0) is 31.0 Å². The molecule has 0 aromatic carbocycles. The van der Waals surface area contributed by atoms with Gasteiger partial charge in [0.05, 0.1) is 11.2 Å². The average Bonchev–Trinajstić information content (AvgIpc) is 2.74. The molecule has 0 spiro atoms. The summed E-state index contributed by atoms with van der Waals surface area (Å²) in [5, 5.41) is 1.15. The number of H-pyrrole nitrogens is 1. The van der Waals surface area contributed by atoms with Crippen molar-refractivity contribution < 1.29 is 0 Å². The minimum Gasteiger partial charge on any atom is -0.346 e. The molecule has 0 bridgehead atoms. The molecule has 1 aliphatic rings. The Labute approximate surface area is 76.0 Å². The molecule has 0 aliphatic heterocycles. The van der Waals surface area contributed by atoms with E-state index in [2.05, 4.69) is 16.0 Å². The van der Waals surface area contributed by atoms with Crippen molar-refractivity contribution >= 4 is 11.0 Å². The summed E-state index contributed by atoms with van der Waals surface area (Å²) < 4.78 is 0. The second-order valence-electron chi connectivity index (χ2n) is 3.77. The van der Waals surface area contributed by atoms with Gasteiger partial charge in [0.25, 0.3) is 0 Å². The molecule has 0 atom stereocenters. The van der Waals surface area contributed by atoms with Gasteiger partial charge in [0.1, 0.15) is 5.65 Å². The zero-order valence-electron chi connectivity index (χ0n) is 7.25. The first-order valence-electron chi connectivity index (χ1n) is 4.51. The maximum atomic E-state index is 6.05. The normalized spacial score (nSPS) is 19.2. The van der Waals surface area contributed by atoms with Crippen molar-refractivity contribution in [2.24, 2.45) is 5.73 Å². The number of hydrogen-bond donors (Lipinski definition) is 2. The third kappa shape index (κ3) is 0.971. The van der Waals surface area contributed by atoms with Crippen molar-refractivity contribution in [2.75, 3.05) is 0 Å². The van der Waals surface area contributed by atoms with Crippen LogP contribution in [0, 0.1) is 0 Å². The summed E-state index contributed by atoms with van der Waals surface area (Å²) in [5.41, 5.74) is 7.88. The van der Waals surface area contributed by atoms with E-state index in [1.807, 2.05) is 18.3 Å². The van der Waals surface area contributed by atoms with Crippen LogP contribution >= 0.6 is 0 Å². The first kappa shape index (κ1) is 7.09. The Hall–Kier alpha value is -1.35. The van der Waals surface area contributed by atoms with Gasteiger partial charge < -0.3 is 10.7 Å². The first-order chi connectivity index (χ1) is 6.28. The molecule has 66 valence electrons. The maximum absolute atomic E-state index is 6.05. The molecule has 13 heavy (non-hydrogen) atoms. The van der Waals surface area contributed by atoms with E-state index < -0.39 is 0 Å². The predicted molar refractivity (Wildman–Crippen MR) is 51.2 cm³/mol. The molecule has 2 aromatic rings. The van der Waals surface area contributed by atoms with Crippen molar-refractivity contribution in [3.8, 4) is 0 Å². The van der Waals surface area contributed by atoms with Gasteiger partial charge in [0.2, 0.25) is 0 Å². The van der Waals surface area contributed by atoms with E-state index in [-0.39, 0.29) is 5.54 Å². The summed E-state index contributed by atoms with van der Waals surface area (Å²) in [7, 11) is 0. The Kier molecular flexibility index (Phi) is 1.15. The first-order valence-corrected chi connectivity index (χ1v) is 4.51.